The van der Waals surface area contributed by atoms with Gasteiger partial charge >= 0.3 is 0 Å². The quantitative estimate of drug-likeness (QED) is 0.651. The summed E-state index contributed by atoms with van der Waals surface area (Å²) in [6.45, 7) is 6.06. The minimum absolute atomic E-state index is 0.183. The Labute approximate surface area is 160 Å². The van der Waals surface area contributed by atoms with Crippen molar-refractivity contribution in [1.82, 2.24) is 15.5 Å². The molecule has 0 fully saturated rings. The second kappa shape index (κ2) is 7.41. The van der Waals surface area contributed by atoms with Crippen molar-refractivity contribution in [1.29, 1.82) is 0 Å². The molecule has 1 aromatic heterocycles. The van der Waals surface area contributed by atoms with Gasteiger partial charge in [0, 0.05) is 15.6 Å². The summed E-state index contributed by atoms with van der Waals surface area (Å²) in [6.07, 6.45) is 0. The molecular weight excluding hydrogens is 394 g/mol. The second-order valence-corrected chi connectivity index (χ2v) is 8.02. The number of rotatable bonds is 4. The van der Waals surface area contributed by atoms with E-state index in [1.165, 1.54) is 0 Å². The van der Waals surface area contributed by atoms with E-state index < -0.39 is 6.04 Å². The molecule has 0 spiro atoms. The normalized spacial score (nSPS) is 12.6. The van der Waals surface area contributed by atoms with Crippen LogP contribution in [-0.2, 0) is 0 Å². The second-order valence-electron chi connectivity index (χ2n) is 7.10. The molecule has 0 unspecified atom stereocenters. The van der Waals surface area contributed by atoms with Gasteiger partial charge in [-0.25, -0.2) is 0 Å². The third-order valence-electron chi connectivity index (χ3n) is 3.97. The van der Waals surface area contributed by atoms with Crippen LogP contribution in [0.3, 0.4) is 0 Å². The number of hydrogen-bond donors (Lipinski definition) is 1. The topological polar surface area (TPSA) is 68.0 Å². The first kappa shape index (κ1) is 18.3. The fraction of sp³-hybridized carbons (Fsp3) is 0.250. The largest absolute Gasteiger partial charge is 0.340 e. The lowest BCUT2D eigenvalue weighted by molar-refractivity contribution is 0.0881. The van der Waals surface area contributed by atoms with E-state index in [2.05, 4.69) is 31.4 Å². The molecule has 3 aromatic rings. The molecule has 5 nitrogen and oxygen atoms in total. The van der Waals surface area contributed by atoms with Gasteiger partial charge in [0.25, 0.3) is 5.91 Å². The van der Waals surface area contributed by atoms with Crippen molar-refractivity contribution in [3.05, 3.63) is 70.5 Å². The number of carbonyl (C=O) groups is 1. The lowest BCUT2D eigenvalue weighted by Gasteiger charge is -2.28. The van der Waals surface area contributed by atoms with E-state index in [0.717, 1.165) is 10.0 Å². The molecule has 0 radical (unpaired) electrons. The zero-order chi connectivity index (χ0) is 18.7. The predicted molar refractivity (Wildman–Crippen MR) is 104 cm³/mol. The minimum Gasteiger partial charge on any atom is -0.340 e. The third kappa shape index (κ3) is 4.19. The Morgan fingerprint density at radius 2 is 1.73 bits per heavy atom. The number of benzene rings is 2. The summed E-state index contributed by atoms with van der Waals surface area (Å²) >= 11 is 3.37. The summed E-state index contributed by atoms with van der Waals surface area (Å²) in [5, 5.41) is 7.09. The van der Waals surface area contributed by atoms with Crippen LogP contribution in [-0.4, -0.2) is 16.0 Å². The van der Waals surface area contributed by atoms with E-state index >= 15 is 0 Å². The Kier molecular flexibility index (Phi) is 5.23. The number of hydrogen-bond acceptors (Lipinski definition) is 4. The van der Waals surface area contributed by atoms with Gasteiger partial charge in [-0.1, -0.05) is 72.2 Å². The van der Waals surface area contributed by atoms with E-state index in [4.69, 9.17) is 4.52 Å². The van der Waals surface area contributed by atoms with Gasteiger partial charge in [-0.05, 0) is 29.7 Å². The lowest BCUT2D eigenvalue weighted by Crippen LogP contribution is -2.36. The van der Waals surface area contributed by atoms with Crippen LogP contribution >= 0.6 is 15.9 Å². The molecule has 0 saturated heterocycles. The molecule has 1 heterocycles. The van der Waals surface area contributed by atoms with Crippen molar-refractivity contribution >= 4 is 21.8 Å². The maximum absolute atomic E-state index is 12.6. The number of halogens is 1. The summed E-state index contributed by atoms with van der Waals surface area (Å²) in [6, 6.07) is 16.4. The first-order chi connectivity index (χ1) is 12.3. The highest BCUT2D eigenvalue weighted by Crippen LogP contribution is 2.33. The van der Waals surface area contributed by atoms with Gasteiger partial charge in [0.15, 0.2) is 0 Å². The van der Waals surface area contributed by atoms with Gasteiger partial charge in [-0.3, -0.25) is 4.79 Å². The number of amides is 1. The summed E-state index contributed by atoms with van der Waals surface area (Å²) in [5.74, 6) is 0.714. The average Bonchev–Trinajstić information content (AvgIpc) is 3.09. The van der Waals surface area contributed by atoms with Crippen LogP contribution < -0.4 is 5.32 Å². The Morgan fingerprint density at radius 1 is 1.08 bits per heavy atom. The Balaban J connectivity index is 1.86. The predicted octanol–water partition coefficient (Wildman–Crippen LogP) is 5.02. The van der Waals surface area contributed by atoms with Gasteiger partial charge in [-0.15, -0.1) is 0 Å². The molecule has 134 valence electrons. The molecule has 3 rings (SSSR count). The van der Waals surface area contributed by atoms with Crippen molar-refractivity contribution in [2.75, 3.05) is 0 Å². The van der Waals surface area contributed by atoms with Crippen LogP contribution in [0.5, 0.6) is 0 Å². The summed E-state index contributed by atoms with van der Waals surface area (Å²) in [4.78, 5) is 17.2. The van der Waals surface area contributed by atoms with Crippen molar-refractivity contribution in [3.8, 4) is 11.4 Å². The minimum atomic E-state index is -0.413. The number of nitrogens with one attached hydrogen (secondary N) is 1. The van der Waals surface area contributed by atoms with Gasteiger partial charge in [0.05, 0.1) is 0 Å². The zero-order valence-electron chi connectivity index (χ0n) is 14.9. The first-order valence-corrected chi connectivity index (χ1v) is 9.09. The number of nitrogens with zero attached hydrogens (tertiary/aromatic N) is 2. The zero-order valence-corrected chi connectivity index (χ0v) is 16.4. The van der Waals surface area contributed by atoms with E-state index in [9.17, 15) is 4.79 Å². The van der Waals surface area contributed by atoms with Gasteiger partial charge in [-0.2, -0.15) is 4.98 Å². The van der Waals surface area contributed by atoms with Crippen LogP contribution in [0, 0.1) is 5.41 Å². The Bertz CT molecular complexity index is 883. The molecule has 26 heavy (non-hydrogen) atoms. The van der Waals surface area contributed by atoms with Crippen LogP contribution in [0.25, 0.3) is 11.4 Å². The molecule has 6 heteroatoms. The van der Waals surface area contributed by atoms with Gasteiger partial charge < -0.3 is 9.84 Å². The molecule has 0 saturated carbocycles. The summed E-state index contributed by atoms with van der Waals surface area (Å²) in [7, 11) is 0. The maximum atomic E-state index is 12.6. The van der Waals surface area contributed by atoms with Crippen molar-refractivity contribution in [2.45, 2.75) is 26.8 Å². The average molecular weight is 414 g/mol. The van der Waals surface area contributed by atoms with Gasteiger partial charge in [0.2, 0.25) is 11.7 Å². The standard InChI is InChI=1S/C20H20BrN3O2/c1-20(2,3)16(22-18(25)14-9-11-15(21)12-10-14)19-23-17(24-26-19)13-7-5-4-6-8-13/h4-12,16H,1-3H3,(H,22,25)/t16-/m0/s1. The molecule has 0 aliphatic rings. The molecule has 0 aliphatic carbocycles. The fourth-order valence-corrected chi connectivity index (χ4v) is 2.79. The van der Waals surface area contributed by atoms with Crippen LogP contribution in [0.4, 0.5) is 0 Å². The third-order valence-corrected chi connectivity index (χ3v) is 4.50. The molecule has 1 N–H and O–H groups in total. The highest BCUT2D eigenvalue weighted by atomic mass is 79.9. The maximum Gasteiger partial charge on any atom is 0.251 e. The molecule has 2 aromatic carbocycles. The van der Waals surface area contributed by atoms with Gasteiger partial charge in [0.1, 0.15) is 6.04 Å². The Hall–Kier alpha value is -2.47. The Morgan fingerprint density at radius 3 is 2.35 bits per heavy atom. The molecule has 1 amide bonds. The van der Waals surface area contributed by atoms with Crippen molar-refractivity contribution in [3.63, 3.8) is 0 Å². The highest BCUT2D eigenvalue weighted by Gasteiger charge is 2.33. The first-order valence-electron chi connectivity index (χ1n) is 8.30. The molecule has 0 bridgehead atoms. The van der Waals surface area contributed by atoms with E-state index in [1.807, 2.05) is 63.2 Å². The highest BCUT2D eigenvalue weighted by molar-refractivity contribution is 9.10. The fourth-order valence-electron chi connectivity index (χ4n) is 2.52. The number of carbonyl (C=O) groups excluding carboxylic acids is 1. The van der Waals surface area contributed by atoms with E-state index in [1.54, 1.807) is 12.1 Å². The van der Waals surface area contributed by atoms with E-state index in [0.29, 0.717) is 17.3 Å². The number of aromatic nitrogens is 2. The molecule has 0 aliphatic heterocycles. The lowest BCUT2D eigenvalue weighted by atomic mass is 9.86. The van der Waals surface area contributed by atoms with Crippen LogP contribution in [0.2, 0.25) is 0 Å². The smallest absolute Gasteiger partial charge is 0.251 e. The molecule has 1 atom stereocenters. The van der Waals surface area contributed by atoms with Crippen LogP contribution in [0.15, 0.2) is 63.6 Å². The van der Waals surface area contributed by atoms with Crippen molar-refractivity contribution < 1.29 is 9.32 Å². The van der Waals surface area contributed by atoms with E-state index in [-0.39, 0.29) is 11.3 Å². The monoisotopic (exact) mass is 413 g/mol. The SMILES string of the molecule is CC(C)(C)[C@@H](NC(=O)c1ccc(Br)cc1)c1nc(-c2ccccc2)no1. The summed E-state index contributed by atoms with van der Waals surface area (Å²) in [5.41, 5.74) is 1.14. The summed E-state index contributed by atoms with van der Waals surface area (Å²) < 4.78 is 6.40. The molecular formula is C20H20BrN3O2. The van der Waals surface area contributed by atoms with Crippen molar-refractivity contribution in [2.24, 2.45) is 5.41 Å². The van der Waals surface area contributed by atoms with Crippen LogP contribution in [0.1, 0.15) is 43.1 Å².